The van der Waals surface area contributed by atoms with E-state index in [0.717, 1.165) is 26.9 Å². The predicted molar refractivity (Wildman–Crippen MR) is 89.5 cm³/mol. The topological polar surface area (TPSA) is 112 Å². The number of aryl methyl sites for hydroxylation is 2. The van der Waals surface area contributed by atoms with Crippen LogP contribution >= 0.6 is 0 Å². The lowest BCUT2D eigenvalue weighted by atomic mass is 10.0. The van der Waals surface area contributed by atoms with Gasteiger partial charge in [0.15, 0.2) is 0 Å². The molecule has 0 unspecified atom stereocenters. The van der Waals surface area contributed by atoms with Gasteiger partial charge < -0.3 is 20.1 Å². The van der Waals surface area contributed by atoms with Crippen LogP contribution in [0.3, 0.4) is 0 Å². The second kappa shape index (κ2) is 4.85. The summed E-state index contributed by atoms with van der Waals surface area (Å²) in [5.41, 5.74) is 3.91. The number of H-pyrrole nitrogens is 1. The van der Waals surface area contributed by atoms with Crippen molar-refractivity contribution in [1.82, 2.24) is 19.8 Å². The fourth-order valence-electron chi connectivity index (χ4n) is 3.06. The molecule has 0 atom stereocenters. The van der Waals surface area contributed by atoms with Crippen molar-refractivity contribution in [2.24, 2.45) is 0 Å². The molecule has 0 aliphatic heterocycles. The number of imidazole rings is 1. The Kier molecular flexibility index (Phi) is 2.89. The molecule has 0 saturated carbocycles. The van der Waals surface area contributed by atoms with Gasteiger partial charge in [0.1, 0.15) is 17.0 Å². The number of hydrogen-bond donors (Lipinski definition) is 2. The Bertz CT molecular complexity index is 1130. The molecule has 3 aromatic heterocycles. The van der Waals surface area contributed by atoms with E-state index >= 15 is 0 Å². The molecule has 0 amide bonds. The van der Waals surface area contributed by atoms with Crippen molar-refractivity contribution in [2.45, 2.75) is 13.8 Å². The van der Waals surface area contributed by atoms with Gasteiger partial charge in [-0.2, -0.15) is 0 Å². The quantitative estimate of drug-likeness (QED) is 0.544. The highest BCUT2D eigenvalue weighted by atomic mass is 16.5. The van der Waals surface area contributed by atoms with Gasteiger partial charge in [-0.25, -0.2) is 9.47 Å². The number of hydrogen-bond acceptors (Lipinski definition) is 6. The molecule has 24 heavy (non-hydrogen) atoms. The van der Waals surface area contributed by atoms with E-state index in [1.54, 1.807) is 13.3 Å². The van der Waals surface area contributed by atoms with Gasteiger partial charge in [0.2, 0.25) is 0 Å². The lowest BCUT2D eigenvalue weighted by Gasteiger charge is -2.11. The number of aromatic nitrogens is 4. The molecule has 3 N–H and O–H groups in total. The Morgan fingerprint density at radius 2 is 2.12 bits per heavy atom. The van der Waals surface area contributed by atoms with Gasteiger partial charge in [0, 0.05) is 10.9 Å². The van der Waals surface area contributed by atoms with E-state index in [4.69, 9.17) is 15.1 Å². The van der Waals surface area contributed by atoms with Crippen molar-refractivity contribution in [3.63, 3.8) is 0 Å². The van der Waals surface area contributed by atoms with E-state index in [-0.39, 0.29) is 0 Å². The van der Waals surface area contributed by atoms with Crippen molar-refractivity contribution >= 4 is 21.9 Å². The van der Waals surface area contributed by atoms with Gasteiger partial charge >= 0.3 is 5.69 Å². The summed E-state index contributed by atoms with van der Waals surface area (Å²) in [6.07, 6.45) is 1.59. The largest absolute Gasteiger partial charge is 0.496 e. The SMILES string of the molecule is COc1cc2c(cc1-c1c(C)noc1C)ncc1[nH]c(=O)n(N)c12. The fraction of sp³-hybridized carbons (Fsp3) is 0.188. The van der Waals surface area contributed by atoms with Crippen LogP contribution in [0.4, 0.5) is 0 Å². The number of ether oxygens (including phenoxy) is 1. The van der Waals surface area contributed by atoms with Crippen LogP contribution in [0.1, 0.15) is 11.5 Å². The first-order valence-corrected chi connectivity index (χ1v) is 7.31. The van der Waals surface area contributed by atoms with Crippen molar-refractivity contribution < 1.29 is 9.26 Å². The van der Waals surface area contributed by atoms with Crippen LogP contribution in [0.2, 0.25) is 0 Å². The molecule has 122 valence electrons. The molecule has 8 nitrogen and oxygen atoms in total. The Morgan fingerprint density at radius 1 is 1.33 bits per heavy atom. The van der Waals surface area contributed by atoms with Crippen LogP contribution in [0.15, 0.2) is 27.6 Å². The number of pyridine rings is 1. The van der Waals surface area contributed by atoms with Crippen molar-refractivity contribution in [3.05, 3.63) is 40.3 Å². The lowest BCUT2D eigenvalue weighted by molar-refractivity contribution is 0.393. The minimum atomic E-state index is -0.395. The van der Waals surface area contributed by atoms with Crippen molar-refractivity contribution in [1.29, 1.82) is 0 Å². The van der Waals surface area contributed by atoms with E-state index < -0.39 is 5.69 Å². The van der Waals surface area contributed by atoms with Crippen LogP contribution in [0.25, 0.3) is 33.1 Å². The summed E-state index contributed by atoms with van der Waals surface area (Å²) >= 11 is 0. The Hall–Kier alpha value is -3.29. The lowest BCUT2D eigenvalue weighted by Crippen LogP contribution is -2.23. The summed E-state index contributed by atoms with van der Waals surface area (Å²) in [4.78, 5) is 18.9. The summed E-state index contributed by atoms with van der Waals surface area (Å²) in [6.45, 7) is 3.72. The molecule has 4 rings (SSSR count). The molecule has 0 fully saturated rings. The third-order valence-electron chi connectivity index (χ3n) is 4.16. The number of nitrogens with two attached hydrogens (primary N) is 1. The number of methoxy groups -OCH3 is 1. The van der Waals surface area contributed by atoms with Crippen LogP contribution in [-0.4, -0.2) is 26.9 Å². The predicted octanol–water partition coefficient (Wildman–Crippen LogP) is 1.87. The first-order valence-electron chi connectivity index (χ1n) is 7.31. The summed E-state index contributed by atoms with van der Waals surface area (Å²) in [5, 5.41) is 4.72. The minimum Gasteiger partial charge on any atom is -0.496 e. The van der Waals surface area contributed by atoms with Gasteiger partial charge in [-0.05, 0) is 26.0 Å². The molecule has 1 aromatic carbocycles. The first kappa shape index (κ1) is 14.3. The normalized spacial score (nSPS) is 11.5. The van der Waals surface area contributed by atoms with E-state index in [0.29, 0.717) is 28.1 Å². The zero-order valence-electron chi connectivity index (χ0n) is 13.4. The van der Waals surface area contributed by atoms with E-state index in [2.05, 4.69) is 15.1 Å². The number of benzene rings is 1. The second-order valence-electron chi connectivity index (χ2n) is 5.59. The first-order chi connectivity index (χ1) is 11.5. The number of nitrogen functional groups attached to an aromatic ring is 1. The zero-order valence-corrected chi connectivity index (χ0v) is 13.4. The third-order valence-corrected chi connectivity index (χ3v) is 4.16. The van der Waals surface area contributed by atoms with Gasteiger partial charge in [-0.15, -0.1) is 0 Å². The van der Waals surface area contributed by atoms with Gasteiger partial charge in [-0.1, -0.05) is 5.16 Å². The maximum absolute atomic E-state index is 11.8. The maximum atomic E-state index is 11.8. The van der Waals surface area contributed by atoms with E-state index in [1.807, 2.05) is 26.0 Å². The molecule has 8 heteroatoms. The highest BCUT2D eigenvalue weighted by Gasteiger charge is 2.19. The monoisotopic (exact) mass is 325 g/mol. The Morgan fingerprint density at radius 3 is 2.79 bits per heavy atom. The molecule has 4 aromatic rings. The van der Waals surface area contributed by atoms with Gasteiger partial charge in [0.05, 0.1) is 35.6 Å². The molecule has 0 saturated heterocycles. The molecule has 0 spiro atoms. The number of aromatic amines is 1. The van der Waals surface area contributed by atoms with E-state index in [1.165, 1.54) is 0 Å². The van der Waals surface area contributed by atoms with E-state index in [9.17, 15) is 4.79 Å². The summed E-state index contributed by atoms with van der Waals surface area (Å²) in [6, 6.07) is 3.71. The maximum Gasteiger partial charge on any atom is 0.344 e. The van der Waals surface area contributed by atoms with Crippen LogP contribution < -0.4 is 16.3 Å². The highest BCUT2D eigenvalue weighted by Crippen LogP contribution is 2.38. The van der Waals surface area contributed by atoms with Crippen molar-refractivity contribution in [3.8, 4) is 16.9 Å². The fourth-order valence-corrected chi connectivity index (χ4v) is 3.06. The number of nitrogens with zero attached hydrogens (tertiary/aromatic N) is 3. The van der Waals surface area contributed by atoms with Crippen LogP contribution in [0, 0.1) is 13.8 Å². The molecular formula is C16H15N5O3. The third kappa shape index (κ3) is 1.82. The average molecular weight is 325 g/mol. The molecular weight excluding hydrogens is 310 g/mol. The van der Waals surface area contributed by atoms with Crippen molar-refractivity contribution in [2.75, 3.05) is 13.0 Å². The molecule has 0 aliphatic rings. The highest BCUT2D eigenvalue weighted by molar-refractivity contribution is 6.04. The molecule has 0 aliphatic carbocycles. The Balaban J connectivity index is 2.13. The summed E-state index contributed by atoms with van der Waals surface area (Å²) in [5.74, 6) is 7.18. The van der Waals surface area contributed by atoms with Gasteiger partial charge in [-0.3, -0.25) is 4.98 Å². The minimum absolute atomic E-state index is 0.395. The summed E-state index contributed by atoms with van der Waals surface area (Å²) < 4.78 is 11.9. The molecule has 3 heterocycles. The number of rotatable bonds is 2. The van der Waals surface area contributed by atoms with Gasteiger partial charge in [0.25, 0.3) is 0 Å². The smallest absolute Gasteiger partial charge is 0.344 e. The number of nitrogens with one attached hydrogen (secondary N) is 1. The number of fused-ring (bicyclic) bond motifs is 3. The standard InChI is InChI=1S/C16H15N5O3/c1-7-14(8(2)24-20-7)10-4-11-9(5-13(10)23-3)15-12(6-18-11)19-16(22)21(15)17/h4-6H,17H2,1-3H3,(H,19,22). The zero-order chi connectivity index (χ0) is 17.0. The average Bonchev–Trinajstić information content (AvgIpc) is 3.05. The summed E-state index contributed by atoms with van der Waals surface area (Å²) in [7, 11) is 1.59. The second-order valence-corrected chi connectivity index (χ2v) is 5.59. The van der Waals surface area contributed by atoms with Crippen LogP contribution in [-0.2, 0) is 0 Å². The molecule has 0 bridgehead atoms. The Labute approximate surface area is 135 Å². The van der Waals surface area contributed by atoms with Crippen LogP contribution in [0.5, 0.6) is 5.75 Å². The molecule has 0 radical (unpaired) electrons.